The van der Waals surface area contributed by atoms with Crippen LogP contribution in [0.4, 0.5) is 5.82 Å². The van der Waals surface area contributed by atoms with Crippen molar-refractivity contribution in [1.29, 1.82) is 0 Å². The van der Waals surface area contributed by atoms with Crippen LogP contribution in [0.2, 0.25) is 0 Å². The van der Waals surface area contributed by atoms with Crippen LogP contribution in [0.3, 0.4) is 0 Å². The highest BCUT2D eigenvalue weighted by Crippen LogP contribution is 2.34. The molecule has 2 fully saturated rings. The van der Waals surface area contributed by atoms with Crippen LogP contribution in [0.25, 0.3) is 11.2 Å². The first-order valence-electron chi connectivity index (χ1n) is 9.79. The lowest BCUT2D eigenvalue weighted by Crippen LogP contribution is -2.63. The van der Waals surface area contributed by atoms with E-state index in [2.05, 4.69) is 15.0 Å². The van der Waals surface area contributed by atoms with Crippen molar-refractivity contribution in [2.45, 2.75) is 61.3 Å². The highest BCUT2D eigenvalue weighted by Gasteiger charge is 2.51. The fourth-order valence-electron chi connectivity index (χ4n) is 3.86. The third kappa shape index (κ3) is 3.81. The molecule has 0 unspecified atom stereocenters. The molecule has 4 heterocycles. The highest BCUT2D eigenvalue weighted by atomic mass is 16.7. The van der Waals surface area contributed by atoms with Gasteiger partial charge in [-0.1, -0.05) is 0 Å². The predicted molar refractivity (Wildman–Crippen MR) is 101 cm³/mol. The Balaban J connectivity index is 1.57. The number of hydrogen-bond donors (Lipinski definition) is 8. The number of nitrogens with two attached hydrogens (primary N) is 1. The van der Waals surface area contributed by atoms with Gasteiger partial charge in [-0.2, -0.15) is 0 Å². The lowest BCUT2D eigenvalue weighted by atomic mass is 9.96. The summed E-state index contributed by atoms with van der Waals surface area (Å²) in [5.74, 6) is 0.0992. The van der Waals surface area contributed by atoms with Crippen molar-refractivity contribution in [2.24, 2.45) is 0 Å². The monoisotopic (exact) mass is 459 g/mol. The molecular weight excluding hydrogens is 434 g/mol. The Bertz CT molecular complexity index is 928. The minimum absolute atomic E-state index is 0.0992. The lowest BCUT2D eigenvalue weighted by molar-refractivity contribution is -0.346. The summed E-state index contributed by atoms with van der Waals surface area (Å²) in [5, 5.41) is 70.6. The second-order valence-corrected chi connectivity index (χ2v) is 7.61. The molecule has 0 aromatic carbocycles. The van der Waals surface area contributed by atoms with E-state index in [0.717, 1.165) is 0 Å². The van der Waals surface area contributed by atoms with E-state index in [0.29, 0.717) is 0 Å². The van der Waals surface area contributed by atoms with Gasteiger partial charge in [0.15, 0.2) is 24.0 Å². The summed E-state index contributed by atoms with van der Waals surface area (Å²) >= 11 is 0. The van der Waals surface area contributed by atoms with E-state index in [9.17, 15) is 35.7 Å². The van der Waals surface area contributed by atoms with Crippen molar-refractivity contribution in [3.8, 4) is 0 Å². The van der Waals surface area contributed by atoms with Crippen molar-refractivity contribution in [1.82, 2.24) is 19.5 Å². The molecule has 0 amide bonds. The number of hydrogen-bond acceptors (Lipinski definition) is 14. The van der Waals surface area contributed by atoms with Crippen LogP contribution in [0.15, 0.2) is 12.7 Å². The van der Waals surface area contributed by atoms with Gasteiger partial charge in [-0.25, -0.2) is 15.0 Å². The second kappa shape index (κ2) is 9.06. The van der Waals surface area contributed by atoms with Crippen molar-refractivity contribution < 1.29 is 50.0 Å². The van der Waals surface area contributed by atoms with Crippen LogP contribution in [0, 0.1) is 0 Å². The van der Waals surface area contributed by atoms with E-state index in [-0.39, 0.29) is 17.0 Å². The molecule has 0 aliphatic carbocycles. The van der Waals surface area contributed by atoms with Crippen LogP contribution in [-0.4, -0.2) is 124 Å². The Kier molecular flexibility index (Phi) is 6.55. The quantitative estimate of drug-likeness (QED) is 0.209. The zero-order valence-corrected chi connectivity index (χ0v) is 16.6. The molecule has 32 heavy (non-hydrogen) atoms. The summed E-state index contributed by atoms with van der Waals surface area (Å²) < 4.78 is 17.9. The van der Waals surface area contributed by atoms with Gasteiger partial charge in [0.05, 0.1) is 19.5 Å². The third-order valence-corrected chi connectivity index (χ3v) is 5.64. The van der Waals surface area contributed by atoms with Gasteiger partial charge in [-0.15, -0.1) is 0 Å². The van der Waals surface area contributed by atoms with Gasteiger partial charge >= 0.3 is 0 Å². The number of imidazole rings is 1. The lowest BCUT2D eigenvalue weighted by Gasteiger charge is -2.46. The first-order chi connectivity index (χ1) is 15.3. The molecule has 0 spiro atoms. The number of anilines is 1. The zero-order chi connectivity index (χ0) is 23.2. The number of aliphatic hydroxyl groups is 7. The SMILES string of the molecule is Nc1ncnc2c1ncn2[C@H]1O[C@@H](CO)[C@@H](O[C@H]2O[C@@H](CO)[C@@H](O)[C@@H](O)[C@H]2O)[C@@H](O)[C@@H]1O. The Morgan fingerprint density at radius 3 is 2.28 bits per heavy atom. The average Bonchev–Trinajstić information content (AvgIpc) is 3.22. The molecule has 0 saturated carbocycles. The maximum Gasteiger partial charge on any atom is 0.187 e. The predicted octanol–water partition coefficient (Wildman–Crippen LogP) is -4.79. The van der Waals surface area contributed by atoms with Crippen LogP contribution in [0.5, 0.6) is 0 Å². The van der Waals surface area contributed by atoms with Crippen LogP contribution >= 0.6 is 0 Å². The number of nitrogens with zero attached hydrogens (tertiary/aromatic N) is 4. The normalized spacial score (nSPS) is 40.6. The van der Waals surface area contributed by atoms with Crippen LogP contribution in [-0.2, 0) is 14.2 Å². The Morgan fingerprint density at radius 1 is 0.875 bits per heavy atom. The van der Waals surface area contributed by atoms with E-state index in [1.54, 1.807) is 0 Å². The fraction of sp³-hybridized carbons (Fsp3) is 0.706. The molecule has 0 radical (unpaired) electrons. The second-order valence-electron chi connectivity index (χ2n) is 7.61. The van der Waals surface area contributed by atoms with Crippen molar-refractivity contribution in [2.75, 3.05) is 18.9 Å². The minimum atomic E-state index is -1.74. The van der Waals surface area contributed by atoms with Crippen molar-refractivity contribution in [3.05, 3.63) is 12.7 Å². The summed E-state index contributed by atoms with van der Waals surface area (Å²) in [6.45, 7) is -1.34. The topological polar surface area (TPSA) is 239 Å². The van der Waals surface area contributed by atoms with Crippen molar-refractivity contribution >= 4 is 17.0 Å². The van der Waals surface area contributed by atoms with Gasteiger partial charge in [0.2, 0.25) is 0 Å². The maximum atomic E-state index is 10.7. The maximum absolute atomic E-state index is 10.7. The summed E-state index contributed by atoms with van der Waals surface area (Å²) in [5.41, 5.74) is 6.23. The van der Waals surface area contributed by atoms with E-state index < -0.39 is 74.6 Å². The summed E-state index contributed by atoms with van der Waals surface area (Å²) in [4.78, 5) is 12.0. The Morgan fingerprint density at radius 2 is 1.59 bits per heavy atom. The summed E-state index contributed by atoms with van der Waals surface area (Å²) in [6.07, 6.45) is -12.6. The van der Waals surface area contributed by atoms with Gasteiger partial charge in [0.25, 0.3) is 0 Å². The Labute approximate surface area is 180 Å². The number of rotatable bonds is 5. The molecule has 2 aromatic rings. The van der Waals surface area contributed by atoms with E-state index in [1.165, 1.54) is 17.2 Å². The van der Waals surface area contributed by atoms with Gasteiger partial charge in [0, 0.05) is 0 Å². The molecule has 15 nitrogen and oxygen atoms in total. The van der Waals surface area contributed by atoms with Gasteiger partial charge in [0.1, 0.15) is 60.7 Å². The smallest absolute Gasteiger partial charge is 0.187 e. The van der Waals surface area contributed by atoms with E-state index >= 15 is 0 Å². The molecule has 2 aliphatic heterocycles. The molecule has 2 saturated heterocycles. The average molecular weight is 459 g/mol. The molecule has 0 bridgehead atoms. The summed E-state index contributed by atoms with van der Waals surface area (Å²) in [7, 11) is 0. The number of ether oxygens (including phenoxy) is 3. The van der Waals surface area contributed by atoms with Crippen molar-refractivity contribution in [3.63, 3.8) is 0 Å². The molecule has 10 atom stereocenters. The zero-order valence-electron chi connectivity index (χ0n) is 16.6. The van der Waals surface area contributed by atoms with Gasteiger partial charge in [-0.3, -0.25) is 4.57 Å². The molecule has 4 rings (SSSR count). The third-order valence-electron chi connectivity index (χ3n) is 5.64. The molecule has 2 aromatic heterocycles. The molecule has 9 N–H and O–H groups in total. The first kappa shape index (κ1) is 23.1. The molecular formula is C17H25N5O10. The summed E-state index contributed by atoms with van der Waals surface area (Å²) in [6, 6.07) is 0. The number of nitrogen functional groups attached to an aromatic ring is 1. The van der Waals surface area contributed by atoms with E-state index in [1.807, 2.05) is 0 Å². The first-order valence-corrected chi connectivity index (χ1v) is 9.79. The Hall–Kier alpha value is -2.05. The minimum Gasteiger partial charge on any atom is -0.394 e. The highest BCUT2D eigenvalue weighted by molar-refractivity contribution is 5.81. The standard InChI is InChI=1S/C17H25N5O10/c18-14-7-15(20-3-19-14)22(4-21-7)16-11(28)10(27)13(6(2-24)30-16)32-17-12(29)9(26)8(25)5(1-23)31-17/h3-6,8-13,16-17,23-29H,1-2H2,(H2,18,19,20)/t5-,6-,8+,9+,10-,11-,12+,13+,16-,17+/m0/s1. The molecule has 15 heteroatoms. The fourth-order valence-corrected chi connectivity index (χ4v) is 3.86. The number of aromatic nitrogens is 4. The number of fused-ring (bicyclic) bond motifs is 1. The molecule has 2 aliphatic rings. The molecule has 178 valence electrons. The van der Waals surface area contributed by atoms with E-state index in [4.69, 9.17) is 19.9 Å². The van der Waals surface area contributed by atoms with Crippen LogP contribution in [0.1, 0.15) is 6.23 Å². The van der Waals surface area contributed by atoms with Gasteiger partial charge < -0.3 is 55.7 Å². The largest absolute Gasteiger partial charge is 0.394 e. The van der Waals surface area contributed by atoms with Crippen LogP contribution < -0.4 is 5.73 Å². The number of aliphatic hydroxyl groups excluding tert-OH is 7. The van der Waals surface area contributed by atoms with Gasteiger partial charge in [-0.05, 0) is 0 Å².